The molecule has 7 heteroatoms. The van der Waals surface area contributed by atoms with Crippen LogP contribution in [0, 0.1) is 6.92 Å². The maximum Gasteiger partial charge on any atom is 0.322 e. The third-order valence-electron chi connectivity index (χ3n) is 5.17. The van der Waals surface area contributed by atoms with E-state index in [-0.39, 0.29) is 18.5 Å². The monoisotopic (exact) mass is 449 g/mol. The lowest BCUT2D eigenvalue weighted by Gasteiger charge is -2.27. The van der Waals surface area contributed by atoms with Gasteiger partial charge in [-0.25, -0.2) is 4.79 Å². The van der Waals surface area contributed by atoms with Gasteiger partial charge in [-0.1, -0.05) is 49.4 Å². The molecule has 0 atom stereocenters. The summed E-state index contributed by atoms with van der Waals surface area (Å²) in [7, 11) is 1.55. The summed E-state index contributed by atoms with van der Waals surface area (Å²) in [6.07, 6.45) is 0.725. The molecule has 3 amide bonds. The maximum atomic E-state index is 13.4. The van der Waals surface area contributed by atoms with Gasteiger partial charge in [-0.05, 0) is 43.2 Å². The van der Waals surface area contributed by atoms with Gasteiger partial charge in [0, 0.05) is 13.1 Å². The van der Waals surface area contributed by atoms with E-state index >= 15 is 0 Å². The molecule has 33 heavy (non-hydrogen) atoms. The van der Waals surface area contributed by atoms with Crippen molar-refractivity contribution in [2.75, 3.05) is 25.5 Å². The first-order chi connectivity index (χ1) is 16.0. The third-order valence-corrected chi connectivity index (χ3v) is 5.17. The van der Waals surface area contributed by atoms with Gasteiger partial charge in [-0.15, -0.1) is 0 Å². The normalized spacial score (nSPS) is 10.5. The fourth-order valence-electron chi connectivity index (χ4n) is 3.52. The molecule has 1 N–H and O–H groups in total. The summed E-state index contributed by atoms with van der Waals surface area (Å²) in [5.74, 6) is 1.90. The molecule has 0 fully saturated rings. The average Bonchev–Trinajstić information content (AvgIpc) is 3.23. The zero-order chi connectivity index (χ0) is 23.6. The first-order valence-electron chi connectivity index (χ1n) is 11.1. The number of carbonyl (C=O) groups excluding carboxylic acids is 2. The number of carbonyl (C=O) groups is 2. The van der Waals surface area contributed by atoms with Crippen LogP contribution < -0.4 is 10.1 Å². The molecule has 0 saturated carbocycles. The van der Waals surface area contributed by atoms with Gasteiger partial charge in [0.05, 0.1) is 19.3 Å². The number of aryl methyl sites for hydroxylation is 1. The highest BCUT2D eigenvalue weighted by atomic mass is 16.5. The lowest BCUT2D eigenvalue weighted by Crippen LogP contribution is -2.44. The predicted molar refractivity (Wildman–Crippen MR) is 128 cm³/mol. The number of benzene rings is 2. The second-order valence-corrected chi connectivity index (χ2v) is 7.80. The lowest BCUT2D eigenvalue weighted by molar-refractivity contribution is -0.133. The second kappa shape index (κ2) is 11.8. The van der Waals surface area contributed by atoms with Gasteiger partial charge in [-0.3, -0.25) is 4.79 Å². The van der Waals surface area contributed by atoms with Crippen LogP contribution in [0.1, 0.15) is 30.4 Å². The van der Waals surface area contributed by atoms with E-state index in [0.29, 0.717) is 36.8 Å². The van der Waals surface area contributed by atoms with Crippen molar-refractivity contribution in [1.82, 2.24) is 9.80 Å². The van der Waals surface area contributed by atoms with E-state index in [9.17, 15) is 9.59 Å². The minimum Gasteiger partial charge on any atom is -0.495 e. The molecule has 7 nitrogen and oxygen atoms in total. The molecule has 0 saturated heterocycles. The standard InChI is InChI=1S/C26H31N3O4/c1-4-16-28(26(31)27-23-12-8-9-13-24(23)32-3)19-25(30)29(17-21-10-6-5-7-11-21)18-22-15-14-20(2)33-22/h5-15H,4,16-19H2,1-3H3,(H,27,31). The van der Waals surface area contributed by atoms with Crippen LogP contribution in [0.4, 0.5) is 10.5 Å². The highest BCUT2D eigenvalue weighted by Crippen LogP contribution is 2.23. The van der Waals surface area contributed by atoms with Crippen LogP contribution in [0.3, 0.4) is 0 Å². The number of amides is 3. The number of rotatable bonds is 10. The van der Waals surface area contributed by atoms with Gasteiger partial charge >= 0.3 is 6.03 Å². The summed E-state index contributed by atoms with van der Waals surface area (Å²) in [5, 5.41) is 2.87. The Morgan fingerprint density at radius 1 is 0.939 bits per heavy atom. The largest absolute Gasteiger partial charge is 0.495 e. The zero-order valence-electron chi connectivity index (χ0n) is 19.4. The summed E-state index contributed by atoms with van der Waals surface area (Å²) in [6.45, 7) is 5.01. The van der Waals surface area contributed by atoms with E-state index < -0.39 is 0 Å². The lowest BCUT2D eigenvalue weighted by atomic mass is 10.2. The van der Waals surface area contributed by atoms with E-state index in [0.717, 1.165) is 17.7 Å². The fraction of sp³-hybridized carbons (Fsp3) is 0.308. The van der Waals surface area contributed by atoms with Crippen molar-refractivity contribution in [1.29, 1.82) is 0 Å². The Hall–Kier alpha value is -3.74. The summed E-state index contributed by atoms with van der Waals surface area (Å²) in [5.41, 5.74) is 1.57. The molecule has 0 unspecified atom stereocenters. The van der Waals surface area contributed by atoms with Crippen LogP contribution in [0.25, 0.3) is 0 Å². The molecule has 0 aliphatic rings. The second-order valence-electron chi connectivity index (χ2n) is 7.80. The molecule has 2 aromatic carbocycles. The molecule has 3 rings (SSSR count). The molecule has 0 radical (unpaired) electrons. The van der Waals surface area contributed by atoms with Crippen molar-refractivity contribution in [2.24, 2.45) is 0 Å². The van der Waals surface area contributed by atoms with E-state index in [2.05, 4.69) is 5.32 Å². The average molecular weight is 450 g/mol. The number of furan rings is 1. The highest BCUT2D eigenvalue weighted by molar-refractivity contribution is 5.93. The molecule has 0 spiro atoms. The van der Waals surface area contributed by atoms with Crippen molar-refractivity contribution in [3.8, 4) is 5.75 Å². The topological polar surface area (TPSA) is 75.0 Å². The molecular formula is C26H31N3O4. The minimum absolute atomic E-state index is 0.0403. The molecule has 1 heterocycles. The van der Waals surface area contributed by atoms with E-state index in [4.69, 9.17) is 9.15 Å². The van der Waals surface area contributed by atoms with Crippen molar-refractivity contribution in [2.45, 2.75) is 33.4 Å². The van der Waals surface area contributed by atoms with Gasteiger partial charge in [-0.2, -0.15) is 0 Å². The molecule has 3 aromatic rings. The quantitative estimate of drug-likeness (QED) is 0.469. The summed E-state index contributed by atoms with van der Waals surface area (Å²) >= 11 is 0. The number of nitrogens with zero attached hydrogens (tertiary/aromatic N) is 2. The van der Waals surface area contributed by atoms with Crippen molar-refractivity contribution >= 4 is 17.6 Å². The summed E-state index contributed by atoms with van der Waals surface area (Å²) in [4.78, 5) is 29.6. The number of urea groups is 1. The Morgan fingerprint density at radius 2 is 1.67 bits per heavy atom. The molecular weight excluding hydrogens is 418 g/mol. The first-order valence-corrected chi connectivity index (χ1v) is 11.1. The molecule has 0 aliphatic heterocycles. The number of hydrogen-bond donors (Lipinski definition) is 1. The van der Waals surface area contributed by atoms with Crippen LogP contribution >= 0.6 is 0 Å². The number of methoxy groups -OCH3 is 1. The van der Waals surface area contributed by atoms with Gasteiger partial charge < -0.3 is 24.3 Å². The van der Waals surface area contributed by atoms with Crippen molar-refractivity contribution < 1.29 is 18.7 Å². The maximum absolute atomic E-state index is 13.4. The fourth-order valence-corrected chi connectivity index (χ4v) is 3.52. The number of para-hydroxylation sites is 2. The van der Waals surface area contributed by atoms with E-state index in [1.807, 2.05) is 68.4 Å². The van der Waals surface area contributed by atoms with Crippen molar-refractivity contribution in [3.63, 3.8) is 0 Å². The van der Waals surface area contributed by atoms with E-state index in [1.165, 1.54) is 4.90 Å². The third kappa shape index (κ3) is 6.87. The Kier molecular flexibility index (Phi) is 8.52. The number of anilines is 1. The van der Waals surface area contributed by atoms with Crippen molar-refractivity contribution in [3.05, 3.63) is 83.8 Å². The molecule has 174 valence electrons. The SMILES string of the molecule is CCCN(CC(=O)N(Cc1ccccc1)Cc1ccc(C)o1)C(=O)Nc1ccccc1OC. The van der Waals surface area contributed by atoms with Crippen LogP contribution in [0.5, 0.6) is 5.75 Å². The smallest absolute Gasteiger partial charge is 0.322 e. The minimum atomic E-state index is -0.344. The molecule has 0 aliphatic carbocycles. The Balaban J connectivity index is 1.75. The number of ether oxygens (including phenoxy) is 1. The number of nitrogens with one attached hydrogen (secondary N) is 1. The Morgan fingerprint density at radius 3 is 2.33 bits per heavy atom. The van der Waals surface area contributed by atoms with Crippen LogP contribution in [-0.2, 0) is 17.9 Å². The zero-order valence-corrected chi connectivity index (χ0v) is 19.4. The van der Waals surface area contributed by atoms with Crippen LogP contribution in [0.2, 0.25) is 0 Å². The molecule has 0 bridgehead atoms. The first kappa shape index (κ1) is 23.9. The summed E-state index contributed by atoms with van der Waals surface area (Å²) < 4.78 is 11.0. The predicted octanol–water partition coefficient (Wildman–Crippen LogP) is 5.07. The Labute approximate surface area is 194 Å². The van der Waals surface area contributed by atoms with Crippen LogP contribution in [0.15, 0.2) is 71.1 Å². The van der Waals surface area contributed by atoms with Gasteiger partial charge in [0.1, 0.15) is 23.8 Å². The Bertz CT molecular complexity index is 1050. The molecule has 1 aromatic heterocycles. The summed E-state index contributed by atoms with van der Waals surface area (Å²) in [6, 6.07) is 20.4. The number of hydrogen-bond acceptors (Lipinski definition) is 4. The van der Waals surface area contributed by atoms with Crippen LogP contribution in [-0.4, -0.2) is 41.9 Å². The van der Waals surface area contributed by atoms with E-state index in [1.54, 1.807) is 24.1 Å². The highest BCUT2D eigenvalue weighted by Gasteiger charge is 2.23. The van der Waals surface area contributed by atoms with Gasteiger partial charge in [0.15, 0.2) is 0 Å². The van der Waals surface area contributed by atoms with Gasteiger partial charge in [0.2, 0.25) is 5.91 Å². The van der Waals surface area contributed by atoms with Gasteiger partial charge in [0.25, 0.3) is 0 Å².